The molecule has 0 aliphatic carbocycles. The van der Waals surface area contributed by atoms with Gasteiger partial charge >= 0.3 is 0 Å². The first-order valence-corrected chi connectivity index (χ1v) is 6.82. The van der Waals surface area contributed by atoms with Gasteiger partial charge in [-0.3, -0.25) is 9.59 Å². The van der Waals surface area contributed by atoms with Crippen LogP contribution in [0.4, 0.5) is 0 Å². The smallest absolute Gasteiger partial charge is 0.233 e. The zero-order valence-electron chi connectivity index (χ0n) is 10.0. The van der Waals surface area contributed by atoms with Crippen molar-refractivity contribution >= 4 is 24.0 Å². The molecule has 0 radical (unpaired) electrons. The van der Waals surface area contributed by atoms with Crippen molar-refractivity contribution in [3.63, 3.8) is 0 Å². The van der Waals surface area contributed by atoms with E-state index >= 15 is 0 Å². The molecule has 0 unspecified atom stereocenters. The van der Waals surface area contributed by atoms with E-state index in [-0.39, 0.29) is 5.91 Å². The molecule has 96 valence electrons. The monoisotopic (exact) mass is 265 g/mol. The minimum Gasteiger partial charge on any atom is -0.378 e. The van der Waals surface area contributed by atoms with Crippen LogP contribution in [0.15, 0.2) is 29.2 Å². The normalized spacial score (nSPS) is 15.4. The number of ether oxygens (including phenoxy) is 1. The Labute approximate surface area is 110 Å². The fraction of sp³-hybridized carbons (Fsp3) is 0.385. The minimum atomic E-state index is 0.125. The van der Waals surface area contributed by atoms with E-state index in [1.165, 1.54) is 11.8 Å². The summed E-state index contributed by atoms with van der Waals surface area (Å²) in [6, 6.07) is 7.28. The molecule has 1 aromatic rings. The van der Waals surface area contributed by atoms with Gasteiger partial charge in [-0.1, -0.05) is 12.1 Å². The topological polar surface area (TPSA) is 46.6 Å². The number of hydrogen-bond acceptors (Lipinski definition) is 4. The number of amides is 1. The van der Waals surface area contributed by atoms with Crippen molar-refractivity contribution < 1.29 is 14.3 Å². The Balaban J connectivity index is 1.86. The Hall–Kier alpha value is -1.33. The maximum atomic E-state index is 11.9. The molecule has 0 N–H and O–H groups in total. The molecule has 1 fully saturated rings. The molecule has 0 bridgehead atoms. The number of morpholine rings is 1. The largest absolute Gasteiger partial charge is 0.378 e. The molecular weight excluding hydrogens is 250 g/mol. The summed E-state index contributed by atoms with van der Waals surface area (Å²) < 4.78 is 5.20. The van der Waals surface area contributed by atoms with Crippen LogP contribution in [0.1, 0.15) is 10.4 Å². The Kier molecular flexibility index (Phi) is 4.78. The summed E-state index contributed by atoms with van der Waals surface area (Å²) in [5.74, 6) is 0.530. The highest BCUT2D eigenvalue weighted by atomic mass is 32.2. The molecule has 1 aromatic carbocycles. The number of aldehydes is 1. The molecule has 18 heavy (non-hydrogen) atoms. The lowest BCUT2D eigenvalue weighted by molar-refractivity contribution is -0.132. The van der Waals surface area contributed by atoms with Crippen molar-refractivity contribution in [1.82, 2.24) is 4.90 Å². The number of thioether (sulfide) groups is 1. The van der Waals surface area contributed by atoms with Gasteiger partial charge in [0, 0.05) is 23.5 Å². The van der Waals surface area contributed by atoms with Crippen LogP contribution in [0.3, 0.4) is 0 Å². The molecule has 4 nitrogen and oxygen atoms in total. The molecule has 1 saturated heterocycles. The van der Waals surface area contributed by atoms with Crippen molar-refractivity contribution in [2.45, 2.75) is 4.90 Å². The van der Waals surface area contributed by atoms with Gasteiger partial charge in [0.25, 0.3) is 0 Å². The first kappa shape index (κ1) is 13.1. The number of carbonyl (C=O) groups is 2. The number of hydrogen-bond donors (Lipinski definition) is 0. The predicted molar refractivity (Wildman–Crippen MR) is 70.0 cm³/mol. The molecule has 1 aliphatic rings. The van der Waals surface area contributed by atoms with Crippen LogP contribution in [0.2, 0.25) is 0 Å². The Morgan fingerprint density at radius 1 is 1.39 bits per heavy atom. The van der Waals surface area contributed by atoms with E-state index in [4.69, 9.17) is 4.74 Å². The van der Waals surface area contributed by atoms with Crippen LogP contribution < -0.4 is 0 Å². The van der Waals surface area contributed by atoms with Crippen LogP contribution in [-0.2, 0) is 9.53 Å². The zero-order valence-corrected chi connectivity index (χ0v) is 10.8. The Morgan fingerprint density at radius 3 is 2.89 bits per heavy atom. The first-order chi connectivity index (χ1) is 8.79. The van der Waals surface area contributed by atoms with Gasteiger partial charge in [0.1, 0.15) is 6.29 Å². The summed E-state index contributed by atoms with van der Waals surface area (Å²) in [5.41, 5.74) is 0.638. The lowest BCUT2D eigenvalue weighted by atomic mass is 10.2. The van der Waals surface area contributed by atoms with Gasteiger partial charge in [0.05, 0.1) is 19.0 Å². The highest BCUT2D eigenvalue weighted by Crippen LogP contribution is 2.19. The fourth-order valence-electron chi connectivity index (χ4n) is 1.73. The van der Waals surface area contributed by atoms with Gasteiger partial charge in [-0.05, 0) is 12.1 Å². The van der Waals surface area contributed by atoms with E-state index in [1.54, 1.807) is 12.1 Å². The van der Waals surface area contributed by atoms with Crippen LogP contribution in [0.25, 0.3) is 0 Å². The maximum Gasteiger partial charge on any atom is 0.233 e. The lowest BCUT2D eigenvalue weighted by Crippen LogP contribution is -2.41. The summed E-state index contributed by atoms with van der Waals surface area (Å²) in [5, 5.41) is 0. The summed E-state index contributed by atoms with van der Waals surface area (Å²) in [4.78, 5) is 25.3. The summed E-state index contributed by atoms with van der Waals surface area (Å²) in [6.07, 6.45) is 0.813. The quantitative estimate of drug-likeness (QED) is 0.610. The Morgan fingerprint density at radius 2 is 2.17 bits per heavy atom. The SMILES string of the molecule is O=Cc1cccc(SCC(=O)N2CCOCC2)c1. The third-order valence-corrected chi connectivity index (χ3v) is 3.70. The van der Waals surface area contributed by atoms with Gasteiger partial charge in [0.2, 0.25) is 5.91 Å². The van der Waals surface area contributed by atoms with E-state index < -0.39 is 0 Å². The van der Waals surface area contributed by atoms with Gasteiger partial charge in [-0.25, -0.2) is 0 Å². The number of nitrogens with zero attached hydrogens (tertiary/aromatic N) is 1. The summed E-state index contributed by atoms with van der Waals surface area (Å²) in [6.45, 7) is 2.59. The Bertz CT molecular complexity index is 430. The third-order valence-electron chi connectivity index (χ3n) is 2.72. The highest BCUT2D eigenvalue weighted by Gasteiger charge is 2.16. The summed E-state index contributed by atoms with van der Waals surface area (Å²) >= 11 is 1.46. The average Bonchev–Trinajstić information content (AvgIpc) is 2.46. The van der Waals surface area contributed by atoms with E-state index in [2.05, 4.69) is 0 Å². The van der Waals surface area contributed by atoms with Crippen LogP contribution >= 0.6 is 11.8 Å². The molecule has 1 heterocycles. The molecule has 5 heteroatoms. The van der Waals surface area contributed by atoms with Gasteiger partial charge in [-0.15, -0.1) is 11.8 Å². The van der Waals surface area contributed by atoms with Crippen LogP contribution in [0.5, 0.6) is 0 Å². The van der Waals surface area contributed by atoms with Crippen LogP contribution in [-0.4, -0.2) is 49.1 Å². The molecule has 0 atom stereocenters. The third kappa shape index (κ3) is 3.58. The van der Waals surface area contributed by atoms with Crippen molar-refractivity contribution in [3.05, 3.63) is 29.8 Å². The molecule has 0 spiro atoms. The van der Waals surface area contributed by atoms with E-state index in [1.807, 2.05) is 17.0 Å². The van der Waals surface area contributed by atoms with Gasteiger partial charge in [-0.2, -0.15) is 0 Å². The molecule has 0 aromatic heterocycles. The van der Waals surface area contributed by atoms with Crippen molar-refractivity contribution in [3.8, 4) is 0 Å². The molecule has 0 saturated carbocycles. The molecule has 1 amide bonds. The molecular formula is C13H15NO3S. The van der Waals surface area contributed by atoms with E-state index in [0.717, 1.165) is 11.2 Å². The van der Waals surface area contributed by atoms with E-state index in [9.17, 15) is 9.59 Å². The van der Waals surface area contributed by atoms with Crippen molar-refractivity contribution in [2.24, 2.45) is 0 Å². The van der Waals surface area contributed by atoms with Crippen LogP contribution in [0, 0.1) is 0 Å². The second kappa shape index (κ2) is 6.56. The van der Waals surface area contributed by atoms with Crippen molar-refractivity contribution in [1.29, 1.82) is 0 Å². The molecule has 1 aliphatic heterocycles. The lowest BCUT2D eigenvalue weighted by Gasteiger charge is -2.26. The fourth-order valence-corrected chi connectivity index (χ4v) is 2.59. The number of benzene rings is 1. The minimum absolute atomic E-state index is 0.125. The standard InChI is InChI=1S/C13H15NO3S/c15-9-11-2-1-3-12(8-11)18-10-13(16)14-4-6-17-7-5-14/h1-3,8-9H,4-7,10H2. The molecule has 2 rings (SSSR count). The average molecular weight is 265 g/mol. The van der Waals surface area contributed by atoms with Gasteiger partial charge in [0.15, 0.2) is 0 Å². The second-order valence-corrected chi connectivity index (χ2v) is 5.02. The van der Waals surface area contributed by atoms with E-state index in [0.29, 0.717) is 37.6 Å². The number of rotatable bonds is 4. The predicted octanol–water partition coefficient (Wildman–Crippen LogP) is 1.45. The first-order valence-electron chi connectivity index (χ1n) is 5.83. The zero-order chi connectivity index (χ0) is 12.8. The highest BCUT2D eigenvalue weighted by molar-refractivity contribution is 8.00. The second-order valence-electron chi connectivity index (χ2n) is 3.97. The number of carbonyl (C=O) groups excluding carboxylic acids is 2. The summed E-state index contributed by atoms with van der Waals surface area (Å²) in [7, 11) is 0. The van der Waals surface area contributed by atoms with Crippen molar-refractivity contribution in [2.75, 3.05) is 32.1 Å². The van der Waals surface area contributed by atoms with Gasteiger partial charge < -0.3 is 9.64 Å². The maximum absolute atomic E-state index is 11.9.